The third-order valence-electron chi connectivity index (χ3n) is 4.43. The van der Waals surface area contributed by atoms with Gasteiger partial charge in [-0.3, -0.25) is 14.2 Å². The van der Waals surface area contributed by atoms with Gasteiger partial charge in [0.2, 0.25) is 5.82 Å². The zero-order valence-electron chi connectivity index (χ0n) is 15.6. The molecule has 0 aliphatic heterocycles. The monoisotopic (exact) mass is 378 g/mol. The molecule has 0 saturated carbocycles. The average molecular weight is 378 g/mol. The summed E-state index contributed by atoms with van der Waals surface area (Å²) in [6.07, 6.45) is 0. The fourth-order valence-electron chi connectivity index (χ4n) is 3.11. The second kappa shape index (κ2) is 6.80. The fourth-order valence-corrected chi connectivity index (χ4v) is 3.11. The van der Waals surface area contributed by atoms with Gasteiger partial charge in [-0.2, -0.15) is 4.98 Å². The van der Waals surface area contributed by atoms with E-state index in [0.29, 0.717) is 34.1 Å². The summed E-state index contributed by atoms with van der Waals surface area (Å²) in [5, 5.41) is 4.04. The number of hydrogen-bond donors (Lipinski definition) is 1. The van der Waals surface area contributed by atoms with Crippen LogP contribution in [0.3, 0.4) is 0 Å². The van der Waals surface area contributed by atoms with E-state index >= 15 is 0 Å². The van der Waals surface area contributed by atoms with Gasteiger partial charge >= 0.3 is 11.1 Å². The first-order valence-corrected chi connectivity index (χ1v) is 8.75. The average Bonchev–Trinajstić information content (AvgIpc) is 3.18. The zero-order valence-corrected chi connectivity index (χ0v) is 15.6. The topological polar surface area (TPSA) is 103 Å². The Labute approximate surface area is 159 Å². The van der Waals surface area contributed by atoms with Crippen LogP contribution in [0.5, 0.6) is 5.75 Å². The van der Waals surface area contributed by atoms with Gasteiger partial charge in [-0.05, 0) is 50.2 Å². The molecule has 0 amide bonds. The van der Waals surface area contributed by atoms with Crippen molar-refractivity contribution in [1.82, 2.24) is 19.7 Å². The fraction of sp³-hybridized carbons (Fsp3) is 0.200. The lowest BCUT2D eigenvalue weighted by Gasteiger charge is -2.13. The van der Waals surface area contributed by atoms with Crippen molar-refractivity contribution in [3.63, 3.8) is 0 Å². The van der Waals surface area contributed by atoms with Crippen LogP contribution in [-0.4, -0.2) is 26.8 Å². The van der Waals surface area contributed by atoms with Gasteiger partial charge in [0.1, 0.15) is 5.75 Å². The van der Waals surface area contributed by atoms with Gasteiger partial charge in [0.05, 0.1) is 18.1 Å². The van der Waals surface area contributed by atoms with E-state index < -0.39 is 11.1 Å². The molecule has 2 aromatic carbocycles. The highest BCUT2D eigenvalue weighted by Crippen LogP contribution is 2.26. The lowest BCUT2D eigenvalue weighted by atomic mass is 10.1. The number of benzene rings is 2. The minimum Gasteiger partial charge on any atom is -0.497 e. The Kier molecular flexibility index (Phi) is 4.31. The Morgan fingerprint density at radius 2 is 1.93 bits per heavy atom. The number of fused-ring (bicyclic) bond motifs is 1. The molecule has 8 nitrogen and oxygen atoms in total. The van der Waals surface area contributed by atoms with Gasteiger partial charge < -0.3 is 14.2 Å². The van der Waals surface area contributed by atoms with Crippen LogP contribution in [-0.2, 0) is 0 Å². The summed E-state index contributed by atoms with van der Waals surface area (Å²) in [5.74, 6) is 1.42. The zero-order chi connectivity index (χ0) is 19.8. The molecule has 28 heavy (non-hydrogen) atoms. The number of H-pyrrole nitrogens is 1. The minimum absolute atomic E-state index is 0.145. The molecule has 0 unspecified atom stereocenters. The lowest BCUT2D eigenvalue weighted by Crippen LogP contribution is -2.37. The third kappa shape index (κ3) is 2.98. The number of nitrogens with zero attached hydrogens (tertiary/aromatic N) is 3. The SMILES string of the molecule is COc1cccc(-c2nc(-c3ccc4c(c3)[nH]c(=O)c(=O)n4C(C)C)no2)c1. The van der Waals surface area contributed by atoms with Crippen molar-refractivity contribution < 1.29 is 9.26 Å². The highest BCUT2D eigenvalue weighted by atomic mass is 16.5. The molecule has 142 valence electrons. The number of methoxy groups -OCH3 is 1. The van der Waals surface area contributed by atoms with Gasteiger partial charge in [-0.1, -0.05) is 11.2 Å². The number of rotatable bonds is 4. The lowest BCUT2D eigenvalue weighted by molar-refractivity contribution is 0.413. The molecule has 0 aliphatic rings. The third-order valence-corrected chi connectivity index (χ3v) is 4.43. The van der Waals surface area contributed by atoms with E-state index in [9.17, 15) is 9.59 Å². The molecule has 2 aromatic heterocycles. The molecule has 0 bridgehead atoms. The summed E-state index contributed by atoms with van der Waals surface area (Å²) in [6.45, 7) is 3.71. The van der Waals surface area contributed by atoms with Crippen LogP contribution >= 0.6 is 0 Å². The van der Waals surface area contributed by atoms with Crippen LogP contribution in [0.25, 0.3) is 33.9 Å². The molecule has 8 heteroatoms. The van der Waals surface area contributed by atoms with Gasteiger partial charge in [-0.25, -0.2) is 0 Å². The van der Waals surface area contributed by atoms with Crippen molar-refractivity contribution >= 4 is 11.0 Å². The minimum atomic E-state index is -0.663. The molecule has 4 aromatic rings. The van der Waals surface area contributed by atoms with Crippen molar-refractivity contribution in [2.45, 2.75) is 19.9 Å². The number of aromatic nitrogens is 4. The number of ether oxygens (including phenoxy) is 1. The first-order chi connectivity index (χ1) is 13.5. The Morgan fingerprint density at radius 3 is 2.68 bits per heavy atom. The van der Waals surface area contributed by atoms with E-state index in [1.807, 2.05) is 32.0 Å². The van der Waals surface area contributed by atoms with E-state index in [4.69, 9.17) is 9.26 Å². The van der Waals surface area contributed by atoms with Crippen molar-refractivity contribution in [3.05, 3.63) is 63.2 Å². The van der Waals surface area contributed by atoms with Gasteiger partial charge in [0.15, 0.2) is 0 Å². The van der Waals surface area contributed by atoms with Crippen molar-refractivity contribution in [1.29, 1.82) is 0 Å². The summed E-state index contributed by atoms with van der Waals surface area (Å²) in [5.41, 5.74) is 1.33. The summed E-state index contributed by atoms with van der Waals surface area (Å²) in [7, 11) is 1.59. The maximum Gasteiger partial charge on any atom is 0.316 e. The molecular weight excluding hydrogens is 360 g/mol. The van der Waals surface area contributed by atoms with E-state index in [0.717, 1.165) is 5.56 Å². The summed E-state index contributed by atoms with van der Waals surface area (Å²) < 4.78 is 12.1. The molecule has 4 rings (SSSR count). The smallest absolute Gasteiger partial charge is 0.316 e. The Balaban J connectivity index is 1.80. The standard InChI is InChI=1S/C20H18N4O4/c1-11(2)24-16-8-7-12(10-15(16)21-18(25)20(24)26)17-22-19(28-23-17)13-5-4-6-14(9-13)27-3/h4-11H,1-3H3,(H,21,25). The van der Waals surface area contributed by atoms with E-state index in [-0.39, 0.29) is 6.04 Å². The summed E-state index contributed by atoms with van der Waals surface area (Å²) in [4.78, 5) is 31.2. The molecular formula is C20H18N4O4. The summed E-state index contributed by atoms with van der Waals surface area (Å²) >= 11 is 0. The van der Waals surface area contributed by atoms with E-state index in [1.54, 1.807) is 31.4 Å². The number of nitrogens with one attached hydrogen (secondary N) is 1. The van der Waals surface area contributed by atoms with Crippen LogP contribution in [0.4, 0.5) is 0 Å². The highest BCUT2D eigenvalue weighted by Gasteiger charge is 2.15. The first-order valence-electron chi connectivity index (χ1n) is 8.75. The van der Waals surface area contributed by atoms with Gasteiger partial charge in [0, 0.05) is 17.2 Å². The maximum absolute atomic E-state index is 12.2. The highest BCUT2D eigenvalue weighted by molar-refractivity contribution is 5.80. The second-order valence-electron chi connectivity index (χ2n) is 6.61. The van der Waals surface area contributed by atoms with Gasteiger partial charge in [-0.15, -0.1) is 0 Å². The van der Waals surface area contributed by atoms with Crippen molar-refractivity contribution in [2.75, 3.05) is 7.11 Å². The molecule has 0 aliphatic carbocycles. The molecule has 0 atom stereocenters. The van der Waals surface area contributed by atoms with Crippen LogP contribution < -0.4 is 15.9 Å². The molecule has 0 fully saturated rings. The predicted molar refractivity (Wildman–Crippen MR) is 104 cm³/mol. The van der Waals surface area contributed by atoms with E-state index in [1.165, 1.54) is 4.57 Å². The maximum atomic E-state index is 12.2. The quantitative estimate of drug-likeness (QED) is 0.548. The van der Waals surface area contributed by atoms with Crippen LogP contribution in [0.1, 0.15) is 19.9 Å². The number of aromatic amines is 1. The van der Waals surface area contributed by atoms with Crippen molar-refractivity contribution in [2.24, 2.45) is 0 Å². The van der Waals surface area contributed by atoms with Crippen LogP contribution in [0.15, 0.2) is 56.6 Å². The van der Waals surface area contributed by atoms with Crippen LogP contribution in [0, 0.1) is 0 Å². The first kappa shape index (κ1) is 17.7. The normalized spacial score (nSPS) is 11.3. The molecule has 1 N–H and O–H groups in total. The van der Waals surface area contributed by atoms with E-state index in [2.05, 4.69) is 15.1 Å². The summed E-state index contributed by atoms with van der Waals surface area (Å²) in [6, 6.07) is 12.5. The second-order valence-corrected chi connectivity index (χ2v) is 6.61. The molecule has 2 heterocycles. The predicted octanol–water partition coefficient (Wildman–Crippen LogP) is 3.00. The van der Waals surface area contributed by atoms with Crippen LogP contribution in [0.2, 0.25) is 0 Å². The van der Waals surface area contributed by atoms with Gasteiger partial charge in [0.25, 0.3) is 5.89 Å². The van der Waals surface area contributed by atoms with Crippen molar-refractivity contribution in [3.8, 4) is 28.6 Å². The molecule has 0 spiro atoms. The Morgan fingerprint density at radius 1 is 1.11 bits per heavy atom. The molecule has 0 saturated heterocycles. The molecule has 0 radical (unpaired) electrons. The largest absolute Gasteiger partial charge is 0.497 e. The number of hydrogen-bond acceptors (Lipinski definition) is 6. The Bertz CT molecular complexity index is 1280. The Hall–Kier alpha value is -3.68.